The zero-order valence-electron chi connectivity index (χ0n) is 13.5. The second-order valence-electron chi connectivity index (χ2n) is 5.91. The van der Waals surface area contributed by atoms with E-state index < -0.39 is 0 Å². The Hall–Kier alpha value is -2.60. The monoisotopic (exact) mass is 326 g/mol. The van der Waals surface area contributed by atoms with Gasteiger partial charge in [0.05, 0.1) is 6.61 Å². The van der Waals surface area contributed by atoms with Crippen molar-refractivity contribution < 1.29 is 9.90 Å². The molecule has 0 unspecified atom stereocenters. The molecule has 126 valence electrons. The van der Waals surface area contributed by atoms with Crippen LogP contribution in [0.3, 0.4) is 0 Å². The summed E-state index contributed by atoms with van der Waals surface area (Å²) in [5.74, 6) is 0.805. The fourth-order valence-corrected chi connectivity index (χ4v) is 2.76. The molecule has 3 rings (SSSR count). The smallest absolute Gasteiger partial charge is 0.321 e. The Morgan fingerprint density at radius 1 is 1.17 bits per heavy atom. The topological polar surface area (TPSA) is 77.5 Å². The van der Waals surface area contributed by atoms with Gasteiger partial charge in [-0.1, -0.05) is 24.3 Å². The molecule has 6 heteroatoms. The molecule has 1 aromatic heterocycles. The lowest BCUT2D eigenvalue weighted by atomic mass is 10.1. The lowest BCUT2D eigenvalue weighted by Crippen LogP contribution is -2.44. The van der Waals surface area contributed by atoms with Gasteiger partial charge in [0.2, 0.25) is 0 Å². The number of pyridine rings is 1. The minimum atomic E-state index is -0.0509. The maximum Gasteiger partial charge on any atom is 0.321 e. The highest BCUT2D eigenvalue weighted by molar-refractivity contribution is 5.89. The Labute approximate surface area is 141 Å². The molecule has 2 amide bonds. The first-order valence-corrected chi connectivity index (χ1v) is 8.18. The predicted octanol–water partition coefficient (Wildman–Crippen LogP) is 2.68. The van der Waals surface area contributed by atoms with Gasteiger partial charge < -0.3 is 20.6 Å². The van der Waals surface area contributed by atoms with Crippen LogP contribution in [-0.4, -0.2) is 40.2 Å². The minimum Gasteiger partial charge on any atom is -0.392 e. The van der Waals surface area contributed by atoms with Gasteiger partial charge >= 0.3 is 6.03 Å². The van der Waals surface area contributed by atoms with Crippen molar-refractivity contribution in [1.29, 1.82) is 0 Å². The molecule has 1 aromatic carbocycles. The summed E-state index contributed by atoms with van der Waals surface area (Å²) in [7, 11) is 0. The Balaban J connectivity index is 1.47. The van der Waals surface area contributed by atoms with Crippen molar-refractivity contribution in [3.8, 4) is 0 Å². The summed E-state index contributed by atoms with van der Waals surface area (Å²) in [6.45, 7) is 1.43. The summed E-state index contributed by atoms with van der Waals surface area (Å²) in [6, 6.07) is 13.5. The Morgan fingerprint density at radius 2 is 1.92 bits per heavy atom. The molecule has 24 heavy (non-hydrogen) atoms. The average molecular weight is 326 g/mol. The number of para-hydroxylation sites is 1. The number of likely N-dealkylation sites (tertiary alicyclic amines) is 1. The summed E-state index contributed by atoms with van der Waals surface area (Å²) in [4.78, 5) is 18.4. The number of carbonyl (C=O) groups excluding carboxylic acids is 1. The minimum absolute atomic E-state index is 0.00218. The summed E-state index contributed by atoms with van der Waals surface area (Å²) in [5, 5.41) is 15.3. The van der Waals surface area contributed by atoms with Crippen LogP contribution in [0.1, 0.15) is 18.4 Å². The summed E-state index contributed by atoms with van der Waals surface area (Å²) in [5.41, 5.74) is 1.61. The fourth-order valence-electron chi connectivity index (χ4n) is 2.76. The summed E-state index contributed by atoms with van der Waals surface area (Å²) in [6.07, 6.45) is 3.43. The van der Waals surface area contributed by atoms with E-state index in [1.54, 1.807) is 6.20 Å². The standard InChI is InChI=1S/C18H22N4O2/c23-13-14-6-7-17(19-12-14)20-16-8-10-22(11-9-16)18(24)21-15-4-2-1-3-5-15/h1-7,12,16,23H,8-11,13H2,(H,19,20)(H,21,24). The number of urea groups is 1. The van der Waals surface area contributed by atoms with Gasteiger partial charge in [0.15, 0.2) is 0 Å². The summed E-state index contributed by atoms with van der Waals surface area (Å²) < 4.78 is 0. The Morgan fingerprint density at radius 3 is 2.54 bits per heavy atom. The number of nitrogens with zero attached hydrogens (tertiary/aromatic N) is 2. The number of benzene rings is 1. The zero-order valence-corrected chi connectivity index (χ0v) is 13.5. The van der Waals surface area contributed by atoms with Gasteiger partial charge in [-0.05, 0) is 36.6 Å². The van der Waals surface area contributed by atoms with Crippen molar-refractivity contribution in [2.45, 2.75) is 25.5 Å². The molecule has 1 saturated heterocycles. The molecule has 0 radical (unpaired) electrons. The molecule has 2 heterocycles. The van der Waals surface area contributed by atoms with E-state index in [0.717, 1.165) is 29.9 Å². The van der Waals surface area contributed by atoms with Crippen LogP contribution in [0.4, 0.5) is 16.3 Å². The van der Waals surface area contributed by atoms with Gasteiger partial charge in [0, 0.05) is 31.0 Å². The number of amides is 2. The number of carbonyl (C=O) groups is 1. The molecular weight excluding hydrogens is 304 g/mol. The molecule has 0 atom stereocenters. The van der Waals surface area contributed by atoms with E-state index in [0.29, 0.717) is 19.1 Å². The van der Waals surface area contributed by atoms with Crippen molar-refractivity contribution in [3.63, 3.8) is 0 Å². The van der Waals surface area contributed by atoms with Gasteiger partial charge in [-0.3, -0.25) is 0 Å². The van der Waals surface area contributed by atoms with Gasteiger partial charge in [0.1, 0.15) is 5.82 Å². The number of rotatable bonds is 4. The van der Waals surface area contributed by atoms with Crippen LogP contribution in [-0.2, 0) is 6.61 Å². The Kier molecular flexibility index (Phi) is 5.28. The second kappa shape index (κ2) is 7.79. The summed E-state index contributed by atoms with van der Waals surface area (Å²) >= 11 is 0. The Bertz CT molecular complexity index is 652. The van der Waals surface area contributed by atoms with E-state index >= 15 is 0 Å². The van der Waals surface area contributed by atoms with Gasteiger partial charge in [0.25, 0.3) is 0 Å². The number of hydrogen-bond acceptors (Lipinski definition) is 4. The average Bonchev–Trinajstić information content (AvgIpc) is 2.64. The first-order chi connectivity index (χ1) is 11.7. The molecule has 6 nitrogen and oxygen atoms in total. The SMILES string of the molecule is O=C(Nc1ccccc1)N1CCC(Nc2ccc(CO)cn2)CC1. The first kappa shape index (κ1) is 16.3. The lowest BCUT2D eigenvalue weighted by molar-refractivity contribution is 0.197. The number of aliphatic hydroxyl groups excluding tert-OH is 1. The number of piperidine rings is 1. The van der Waals surface area contributed by atoms with E-state index in [1.807, 2.05) is 47.4 Å². The molecule has 1 fully saturated rings. The number of anilines is 2. The van der Waals surface area contributed by atoms with Crippen LogP contribution < -0.4 is 10.6 Å². The highest BCUT2D eigenvalue weighted by atomic mass is 16.3. The maximum atomic E-state index is 12.3. The largest absolute Gasteiger partial charge is 0.392 e. The lowest BCUT2D eigenvalue weighted by Gasteiger charge is -2.32. The number of aromatic nitrogens is 1. The molecule has 0 aliphatic carbocycles. The molecule has 0 bridgehead atoms. The van der Waals surface area contributed by atoms with E-state index in [2.05, 4.69) is 15.6 Å². The van der Waals surface area contributed by atoms with Gasteiger partial charge in [-0.25, -0.2) is 9.78 Å². The molecular formula is C18H22N4O2. The zero-order chi connectivity index (χ0) is 16.8. The van der Waals surface area contributed by atoms with Crippen molar-refractivity contribution in [3.05, 3.63) is 54.2 Å². The van der Waals surface area contributed by atoms with Crippen molar-refractivity contribution in [2.24, 2.45) is 0 Å². The van der Waals surface area contributed by atoms with E-state index in [4.69, 9.17) is 5.11 Å². The molecule has 3 N–H and O–H groups in total. The molecule has 2 aromatic rings. The number of aliphatic hydroxyl groups is 1. The third-order valence-electron chi connectivity index (χ3n) is 4.17. The van der Waals surface area contributed by atoms with Crippen molar-refractivity contribution in [1.82, 2.24) is 9.88 Å². The van der Waals surface area contributed by atoms with Crippen LogP contribution in [0, 0.1) is 0 Å². The number of nitrogens with one attached hydrogen (secondary N) is 2. The predicted molar refractivity (Wildman–Crippen MR) is 93.8 cm³/mol. The second-order valence-corrected chi connectivity index (χ2v) is 5.91. The highest BCUT2D eigenvalue weighted by Gasteiger charge is 2.22. The normalized spacial score (nSPS) is 15.1. The van der Waals surface area contributed by atoms with Crippen LogP contribution in [0.15, 0.2) is 48.7 Å². The van der Waals surface area contributed by atoms with E-state index in [9.17, 15) is 4.79 Å². The van der Waals surface area contributed by atoms with Crippen LogP contribution >= 0.6 is 0 Å². The van der Waals surface area contributed by atoms with E-state index in [1.165, 1.54) is 0 Å². The molecule has 0 saturated carbocycles. The third kappa shape index (κ3) is 4.23. The molecule has 1 aliphatic rings. The third-order valence-corrected chi connectivity index (χ3v) is 4.17. The quantitative estimate of drug-likeness (QED) is 0.807. The van der Waals surface area contributed by atoms with E-state index in [-0.39, 0.29) is 12.6 Å². The first-order valence-electron chi connectivity index (χ1n) is 8.18. The van der Waals surface area contributed by atoms with Gasteiger partial charge in [-0.2, -0.15) is 0 Å². The number of hydrogen-bond donors (Lipinski definition) is 3. The maximum absolute atomic E-state index is 12.3. The van der Waals surface area contributed by atoms with Gasteiger partial charge in [-0.15, -0.1) is 0 Å². The highest BCUT2D eigenvalue weighted by Crippen LogP contribution is 2.17. The fraction of sp³-hybridized carbons (Fsp3) is 0.333. The van der Waals surface area contributed by atoms with Crippen molar-refractivity contribution in [2.75, 3.05) is 23.7 Å². The van der Waals surface area contributed by atoms with Crippen LogP contribution in [0.5, 0.6) is 0 Å². The molecule has 1 aliphatic heterocycles. The van der Waals surface area contributed by atoms with Crippen molar-refractivity contribution >= 4 is 17.5 Å². The van der Waals surface area contributed by atoms with Crippen LogP contribution in [0.2, 0.25) is 0 Å². The molecule has 0 spiro atoms. The van der Waals surface area contributed by atoms with Crippen LogP contribution in [0.25, 0.3) is 0 Å².